The van der Waals surface area contributed by atoms with Crippen LogP contribution in [-0.2, 0) is 24.0 Å². The Morgan fingerprint density at radius 1 is 0.651 bits per heavy atom. The Bertz CT molecular complexity index is 3390. The number of imide groups is 1. The maximum atomic E-state index is 14.2. The third kappa shape index (κ3) is 13.9. The average Bonchev–Trinajstić information content (AvgIpc) is 2.24. The fourth-order valence-corrected chi connectivity index (χ4v) is 11.3. The van der Waals surface area contributed by atoms with Gasteiger partial charge in [-0.15, -0.1) is 0 Å². The van der Waals surface area contributed by atoms with E-state index in [1.54, 1.807) is 59.3 Å². The molecule has 6 aliphatic rings. The molecule has 4 atom stereocenters. The predicted molar refractivity (Wildman–Crippen MR) is 330 cm³/mol. The summed E-state index contributed by atoms with van der Waals surface area (Å²) in [5, 5.41) is 5.75. The number of hydrogen-bond acceptors (Lipinski definition) is 15. The third-order valence-electron chi connectivity index (χ3n) is 16.3. The first kappa shape index (κ1) is 61.7. The van der Waals surface area contributed by atoms with Crippen molar-refractivity contribution in [3.05, 3.63) is 120 Å². The lowest BCUT2D eigenvalue weighted by atomic mass is 9.92. The van der Waals surface area contributed by atoms with Gasteiger partial charge in [0.1, 0.15) is 0 Å². The minimum Gasteiger partial charge on any atom is -0.493 e. The molecule has 0 aromatic heterocycles. The van der Waals surface area contributed by atoms with Crippen LogP contribution in [0.15, 0.2) is 107 Å². The van der Waals surface area contributed by atoms with Gasteiger partial charge < -0.3 is 49.2 Å². The minimum absolute atomic E-state index is 0. The summed E-state index contributed by atoms with van der Waals surface area (Å²) < 4.78 is 23.8. The van der Waals surface area contributed by atoms with Crippen molar-refractivity contribution in [1.29, 1.82) is 0 Å². The van der Waals surface area contributed by atoms with Crippen LogP contribution >= 0.6 is 0 Å². The van der Waals surface area contributed by atoms with Crippen LogP contribution in [0.25, 0.3) is 11.1 Å². The van der Waals surface area contributed by atoms with E-state index in [0.29, 0.717) is 96.3 Å². The van der Waals surface area contributed by atoms with E-state index in [2.05, 4.69) is 51.7 Å². The first-order chi connectivity index (χ1) is 41.0. The van der Waals surface area contributed by atoms with Gasteiger partial charge in [0.05, 0.1) is 68.1 Å². The third-order valence-corrected chi connectivity index (χ3v) is 16.3. The fourth-order valence-electron chi connectivity index (χ4n) is 11.3. The van der Waals surface area contributed by atoms with Gasteiger partial charge in [-0.05, 0) is 84.5 Å². The maximum Gasteiger partial charge on any atom is 0.260 e. The van der Waals surface area contributed by atoms with Gasteiger partial charge >= 0.3 is 0 Å². The molecule has 4 aromatic rings. The van der Waals surface area contributed by atoms with Gasteiger partial charge in [0.15, 0.2) is 28.8 Å². The quantitative estimate of drug-likeness (QED) is 0.0386. The molecule has 6 heterocycles. The van der Waals surface area contributed by atoms with Crippen LogP contribution in [0.5, 0.6) is 23.0 Å². The molecule has 0 spiro atoms. The van der Waals surface area contributed by atoms with Gasteiger partial charge in [0.25, 0.3) is 23.6 Å². The molecule has 0 bridgehead atoms. The zero-order valence-corrected chi connectivity index (χ0v) is 49.6. The number of piperazine rings is 1. The number of ether oxygens (including phenoxy) is 4. The molecule has 20 nitrogen and oxygen atoms in total. The highest BCUT2D eigenvalue weighted by molar-refractivity contribution is 6.13. The molecule has 447 valence electrons. The first-order valence-corrected chi connectivity index (χ1v) is 29.2. The molecule has 0 saturated carbocycles. The summed E-state index contributed by atoms with van der Waals surface area (Å²) in [4.78, 5) is 110. The summed E-state index contributed by atoms with van der Waals surface area (Å²) in [6, 6.07) is 21.4. The van der Waals surface area contributed by atoms with Gasteiger partial charge in [-0.2, -0.15) is 0 Å². The number of nitrogens with one attached hydrogen (secondary N) is 2. The lowest BCUT2D eigenvalue weighted by Crippen LogP contribution is -2.45. The number of amides is 6. The highest BCUT2D eigenvalue weighted by Gasteiger charge is 2.36. The molecule has 1 unspecified atom stereocenters. The number of benzene rings is 4. The van der Waals surface area contributed by atoms with E-state index in [9.17, 15) is 33.6 Å². The van der Waals surface area contributed by atoms with Crippen molar-refractivity contribution >= 4 is 96.0 Å². The van der Waals surface area contributed by atoms with Crippen LogP contribution < -0.4 is 34.5 Å². The summed E-state index contributed by atoms with van der Waals surface area (Å²) in [5.41, 5.74) is 7.41. The predicted octanol–water partition coefficient (Wildman–Crippen LogP) is 8.03. The van der Waals surface area contributed by atoms with Crippen LogP contribution in [0.4, 0.5) is 22.7 Å². The Morgan fingerprint density at radius 2 is 1.17 bits per heavy atom. The molecule has 21 heteroatoms. The number of carbonyl (C=O) groups excluding carboxylic acids is 7. The number of fused-ring (bicyclic) bond motifs is 4. The van der Waals surface area contributed by atoms with Crippen LogP contribution in [0.2, 0.25) is 0 Å². The molecule has 10 rings (SSSR count). The monoisotopic (exact) mass is 1170 g/mol. The number of carbonyl (C=O) groups is 7. The Hall–Kier alpha value is -8.85. The number of unbranched alkanes of at least 4 members (excludes halogenated alkanes) is 2. The molecule has 1 saturated heterocycles. The van der Waals surface area contributed by atoms with Gasteiger partial charge in [0.2, 0.25) is 11.8 Å². The van der Waals surface area contributed by atoms with E-state index in [-0.39, 0.29) is 93.7 Å². The van der Waals surface area contributed by atoms with Crippen LogP contribution in [0, 0.1) is 11.8 Å². The number of aliphatic imine (C=N–C) groups is 2. The number of ketones is 1. The van der Waals surface area contributed by atoms with E-state index in [1.165, 1.54) is 37.0 Å². The van der Waals surface area contributed by atoms with Crippen molar-refractivity contribution < 1.29 is 52.5 Å². The lowest BCUT2D eigenvalue weighted by molar-refractivity contribution is -0.137. The van der Waals surface area contributed by atoms with Gasteiger partial charge in [-0.1, -0.05) is 51.5 Å². The molecule has 6 amide bonds. The second-order valence-corrected chi connectivity index (χ2v) is 22.7. The summed E-state index contributed by atoms with van der Waals surface area (Å²) in [7, 11) is 5.20. The number of methoxy groups -OCH3 is 2. The number of hydrogen-bond donors (Lipinski definition) is 2. The normalized spacial score (nSPS) is 18.5. The highest BCUT2D eigenvalue weighted by Crippen LogP contribution is 2.42. The largest absolute Gasteiger partial charge is 0.493 e. The molecule has 0 aliphatic carbocycles. The van der Waals surface area contributed by atoms with Crippen molar-refractivity contribution in [3.63, 3.8) is 0 Å². The number of Topliss-reactive ketones (excluding diaryl/α,β-unsaturated/α-hetero) is 1. The van der Waals surface area contributed by atoms with Crippen LogP contribution in [-0.4, -0.2) is 167 Å². The molecule has 3 radical (unpaired) electrons. The molecule has 4 aromatic carbocycles. The van der Waals surface area contributed by atoms with Crippen molar-refractivity contribution in [3.8, 4) is 23.0 Å². The Balaban J connectivity index is 0.00000884. The number of likely N-dealkylation sites (N-methyl/N-ethyl adjacent to an activating group) is 1. The molecular weight excluding hydrogens is 1090 g/mol. The minimum atomic E-state index is -0.759. The molecule has 86 heavy (non-hydrogen) atoms. The van der Waals surface area contributed by atoms with Crippen molar-refractivity contribution in [2.45, 2.75) is 90.3 Å². The number of anilines is 2. The highest BCUT2D eigenvalue weighted by atomic mass is 16.5. The fraction of sp³-hybridized carbons (Fsp3) is 0.400. The van der Waals surface area contributed by atoms with E-state index < -0.39 is 12.0 Å². The van der Waals surface area contributed by atoms with Gasteiger partial charge in [-0.3, -0.25) is 48.4 Å². The number of rotatable bonds is 24. The zero-order valence-electron chi connectivity index (χ0n) is 49.6. The maximum absolute atomic E-state index is 14.2. The summed E-state index contributed by atoms with van der Waals surface area (Å²) in [6.45, 7) is 10.2. The van der Waals surface area contributed by atoms with Gasteiger partial charge in [-0.25, -0.2) is 0 Å². The molecule has 6 aliphatic heterocycles. The topological polar surface area (TPSA) is 221 Å². The van der Waals surface area contributed by atoms with E-state index in [0.717, 1.165) is 48.5 Å². The standard InChI is InChI=1S/C65H73N9O11.B/c1-40(2)62(69-59(76)11-8-7-9-22-72-60(77)20-21-61(72)78)54(75)29-41(3)63(79)68-46-16-12-42(13-17-46)44-30-48-36-66-52-34-57(55(82-5)32-50(52)64(80)73(48)38-44)84-27-10-28-85-58-35-53-51(33-56(58)83-6)65(81)74-39-45(31-49(74)37-67-53)43-14-18-47(19-15-43)71-25-23-70(4)24-26-71;/h12-21,32-41,48-49,62H,7-11,22-31H2,1-6H3,(H,68,79)(H,69,76);/t41-,48+,49+,62?;/m1./s1. The van der Waals surface area contributed by atoms with Crippen LogP contribution in [0.3, 0.4) is 0 Å². The van der Waals surface area contributed by atoms with Crippen molar-refractivity contribution in [2.75, 3.05) is 77.4 Å². The molecule has 1 fully saturated rings. The zero-order chi connectivity index (χ0) is 59.9. The van der Waals surface area contributed by atoms with Crippen molar-refractivity contribution in [1.82, 2.24) is 24.9 Å². The average molecular weight is 1170 g/mol. The Kier molecular flexibility index (Phi) is 19.7. The second kappa shape index (κ2) is 27.5. The summed E-state index contributed by atoms with van der Waals surface area (Å²) >= 11 is 0. The first-order valence-electron chi connectivity index (χ1n) is 29.2. The molecule has 2 N–H and O–H groups in total. The van der Waals surface area contributed by atoms with Crippen molar-refractivity contribution in [2.24, 2.45) is 21.8 Å². The Morgan fingerprint density at radius 3 is 1.69 bits per heavy atom. The smallest absolute Gasteiger partial charge is 0.260 e. The van der Waals surface area contributed by atoms with E-state index in [4.69, 9.17) is 28.9 Å². The summed E-state index contributed by atoms with van der Waals surface area (Å²) in [5.74, 6) is -1.14. The van der Waals surface area contributed by atoms with E-state index in [1.807, 2.05) is 44.6 Å². The van der Waals surface area contributed by atoms with Crippen LogP contribution in [0.1, 0.15) is 104 Å². The Labute approximate surface area is 503 Å². The number of nitrogens with zero attached hydrogens (tertiary/aromatic N) is 7. The summed E-state index contributed by atoms with van der Waals surface area (Å²) in [6.07, 6.45) is 13.3. The SMILES string of the molecule is COc1cc2c(cc1OCCCOc1cc3c(cc1OC)C(=O)N1C=C(c4ccc(N5CCN(C)CC5)cc4)C[C@H]1C=N3)N=C[C@@H]1CC(c3ccc(NC(=O)[C@H](C)CC(=O)C(NC(=O)CCCCCN4C(=O)C=CC4=O)C(C)C)cc3)=CN1C2=O.[B]. The second-order valence-electron chi connectivity index (χ2n) is 22.7. The van der Waals surface area contributed by atoms with Gasteiger partial charge in [0, 0.05) is 140 Å². The lowest BCUT2D eigenvalue weighted by Gasteiger charge is -2.34. The van der Waals surface area contributed by atoms with E-state index >= 15 is 0 Å². The molecular formula is C65H73BN9O11.